The first-order valence-corrected chi connectivity index (χ1v) is 8.02. The fraction of sp³-hybridized carbons (Fsp3) is 0.846. The minimum absolute atomic E-state index is 0.0744. The standard InChI is InChI=1S/C13H23N5OS/c1-9(11(19)14-10-7-5-6-8-10)20-12-15-16-17-18(12)13(2,3)4/h9-10H,5-8H2,1-4H3,(H,14,19)/t9-/m1/s1. The van der Waals surface area contributed by atoms with Gasteiger partial charge < -0.3 is 5.32 Å². The SMILES string of the molecule is C[C@@H](Sc1nnnn1C(C)(C)C)C(=O)NC1CCCC1. The van der Waals surface area contributed by atoms with E-state index in [1.54, 1.807) is 4.68 Å². The number of rotatable bonds is 4. The molecular weight excluding hydrogens is 274 g/mol. The smallest absolute Gasteiger partial charge is 0.233 e. The lowest BCUT2D eigenvalue weighted by Gasteiger charge is -2.21. The molecule has 7 heteroatoms. The highest BCUT2D eigenvalue weighted by Crippen LogP contribution is 2.25. The Morgan fingerprint density at radius 3 is 2.65 bits per heavy atom. The van der Waals surface area contributed by atoms with E-state index in [2.05, 4.69) is 20.8 Å². The largest absolute Gasteiger partial charge is 0.352 e. The quantitative estimate of drug-likeness (QED) is 0.860. The Bertz CT molecular complexity index is 462. The van der Waals surface area contributed by atoms with Crippen LogP contribution in [0.5, 0.6) is 0 Å². The molecule has 2 rings (SSSR count). The third kappa shape index (κ3) is 3.71. The molecule has 1 N–H and O–H groups in total. The van der Waals surface area contributed by atoms with Gasteiger partial charge >= 0.3 is 0 Å². The maximum Gasteiger partial charge on any atom is 0.233 e. The summed E-state index contributed by atoms with van der Waals surface area (Å²) in [5, 5.41) is 15.3. The van der Waals surface area contributed by atoms with Crippen molar-refractivity contribution in [3.8, 4) is 0 Å². The van der Waals surface area contributed by atoms with Gasteiger partial charge in [0.2, 0.25) is 11.1 Å². The molecule has 1 amide bonds. The first-order chi connectivity index (χ1) is 9.38. The second-order valence-electron chi connectivity index (χ2n) is 6.29. The van der Waals surface area contributed by atoms with Crippen LogP contribution >= 0.6 is 11.8 Å². The van der Waals surface area contributed by atoms with E-state index in [1.807, 2.05) is 27.7 Å². The lowest BCUT2D eigenvalue weighted by molar-refractivity contribution is -0.120. The number of thioether (sulfide) groups is 1. The fourth-order valence-corrected chi connectivity index (χ4v) is 3.26. The summed E-state index contributed by atoms with van der Waals surface area (Å²) in [6, 6.07) is 0.351. The first-order valence-electron chi connectivity index (χ1n) is 7.14. The summed E-state index contributed by atoms with van der Waals surface area (Å²) in [5.74, 6) is 0.0744. The topological polar surface area (TPSA) is 72.7 Å². The molecule has 20 heavy (non-hydrogen) atoms. The van der Waals surface area contributed by atoms with Crippen LogP contribution in [0, 0.1) is 0 Å². The molecule has 112 valence electrons. The molecule has 1 aromatic rings. The summed E-state index contributed by atoms with van der Waals surface area (Å²) >= 11 is 1.41. The van der Waals surface area contributed by atoms with Crippen LogP contribution in [0.1, 0.15) is 53.4 Å². The van der Waals surface area contributed by atoms with Crippen LogP contribution < -0.4 is 5.32 Å². The Hall–Kier alpha value is -1.11. The van der Waals surface area contributed by atoms with E-state index in [0.717, 1.165) is 12.8 Å². The van der Waals surface area contributed by atoms with Crippen LogP contribution in [-0.4, -0.2) is 37.4 Å². The van der Waals surface area contributed by atoms with Crippen molar-refractivity contribution >= 4 is 17.7 Å². The molecule has 6 nitrogen and oxygen atoms in total. The van der Waals surface area contributed by atoms with Crippen molar-refractivity contribution in [3.05, 3.63) is 0 Å². The summed E-state index contributed by atoms with van der Waals surface area (Å²) < 4.78 is 1.76. The molecule has 1 atom stereocenters. The van der Waals surface area contributed by atoms with Crippen molar-refractivity contribution in [3.63, 3.8) is 0 Å². The van der Waals surface area contributed by atoms with Gasteiger partial charge in [0.15, 0.2) is 0 Å². The lowest BCUT2D eigenvalue weighted by Crippen LogP contribution is -2.38. The van der Waals surface area contributed by atoms with E-state index in [1.165, 1.54) is 24.6 Å². The monoisotopic (exact) mass is 297 g/mol. The molecule has 0 radical (unpaired) electrons. The second-order valence-corrected chi connectivity index (χ2v) is 7.60. The van der Waals surface area contributed by atoms with Gasteiger partial charge in [-0.2, -0.15) is 0 Å². The number of hydrogen-bond acceptors (Lipinski definition) is 5. The molecule has 0 aromatic carbocycles. The number of nitrogens with one attached hydrogen (secondary N) is 1. The molecule has 1 aliphatic carbocycles. The maximum absolute atomic E-state index is 12.2. The van der Waals surface area contributed by atoms with Crippen LogP contribution in [0.2, 0.25) is 0 Å². The molecule has 0 bridgehead atoms. The van der Waals surface area contributed by atoms with Crippen LogP contribution in [0.3, 0.4) is 0 Å². The van der Waals surface area contributed by atoms with E-state index in [4.69, 9.17) is 0 Å². The van der Waals surface area contributed by atoms with Crippen molar-refractivity contribution < 1.29 is 4.79 Å². The van der Waals surface area contributed by atoms with Gasteiger partial charge in [-0.1, -0.05) is 24.6 Å². The van der Waals surface area contributed by atoms with Crippen molar-refractivity contribution in [2.24, 2.45) is 0 Å². The van der Waals surface area contributed by atoms with E-state index in [9.17, 15) is 4.79 Å². The summed E-state index contributed by atoms with van der Waals surface area (Å²) in [6.07, 6.45) is 4.63. The summed E-state index contributed by atoms with van der Waals surface area (Å²) in [4.78, 5) is 12.2. The fourth-order valence-electron chi connectivity index (χ4n) is 2.27. The zero-order chi connectivity index (χ0) is 14.8. The van der Waals surface area contributed by atoms with Gasteiger partial charge in [0, 0.05) is 6.04 Å². The molecule has 0 saturated heterocycles. The summed E-state index contributed by atoms with van der Waals surface area (Å²) in [6.45, 7) is 8.01. The second kappa shape index (κ2) is 6.11. The highest BCUT2D eigenvalue weighted by molar-refractivity contribution is 8.00. The van der Waals surface area contributed by atoms with Gasteiger partial charge in [0.25, 0.3) is 0 Å². The number of amides is 1. The number of tetrazole rings is 1. The van der Waals surface area contributed by atoms with E-state index in [0.29, 0.717) is 11.2 Å². The van der Waals surface area contributed by atoms with Crippen molar-refractivity contribution in [2.75, 3.05) is 0 Å². The molecule has 1 fully saturated rings. The third-order valence-electron chi connectivity index (χ3n) is 3.43. The van der Waals surface area contributed by atoms with Gasteiger partial charge in [0.1, 0.15) is 0 Å². The minimum Gasteiger partial charge on any atom is -0.352 e. The summed E-state index contributed by atoms with van der Waals surface area (Å²) in [7, 11) is 0. The Kier molecular flexibility index (Phi) is 4.67. The highest BCUT2D eigenvalue weighted by Gasteiger charge is 2.25. The Morgan fingerprint density at radius 1 is 1.40 bits per heavy atom. The zero-order valence-corrected chi connectivity index (χ0v) is 13.4. The van der Waals surface area contributed by atoms with Gasteiger partial charge in [-0.3, -0.25) is 4.79 Å². The average Bonchev–Trinajstić information content (AvgIpc) is 2.98. The number of carbonyl (C=O) groups is 1. The van der Waals surface area contributed by atoms with E-state index >= 15 is 0 Å². The molecule has 1 aliphatic rings. The highest BCUT2D eigenvalue weighted by atomic mass is 32.2. The number of hydrogen-bond donors (Lipinski definition) is 1. The van der Waals surface area contributed by atoms with E-state index in [-0.39, 0.29) is 16.7 Å². The number of aromatic nitrogens is 4. The van der Waals surface area contributed by atoms with Crippen LogP contribution in [0.4, 0.5) is 0 Å². The zero-order valence-electron chi connectivity index (χ0n) is 12.6. The Balaban J connectivity index is 1.95. The molecule has 0 unspecified atom stereocenters. The summed E-state index contributed by atoms with van der Waals surface area (Å²) in [5.41, 5.74) is -0.187. The minimum atomic E-state index is -0.192. The molecular formula is C13H23N5OS. The predicted octanol–water partition coefficient (Wildman–Crippen LogP) is 1.97. The lowest BCUT2D eigenvalue weighted by atomic mass is 10.1. The normalized spacial score (nSPS) is 18.2. The van der Waals surface area contributed by atoms with Gasteiger partial charge in [-0.05, 0) is 51.0 Å². The first kappa shape index (κ1) is 15.3. The van der Waals surface area contributed by atoms with Gasteiger partial charge in [-0.25, -0.2) is 4.68 Å². The van der Waals surface area contributed by atoms with Crippen molar-refractivity contribution in [2.45, 2.75) is 75.4 Å². The van der Waals surface area contributed by atoms with Crippen molar-refractivity contribution in [1.82, 2.24) is 25.5 Å². The van der Waals surface area contributed by atoms with Crippen LogP contribution in [0.15, 0.2) is 5.16 Å². The molecule has 0 aliphatic heterocycles. The molecule has 1 aromatic heterocycles. The van der Waals surface area contributed by atoms with Crippen LogP contribution in [0.25, 0.3) is 0 Å². The van der Waals surface area contributed by atoms with Crippen molar-refractivity contribution in [1.29, 1.82) is 0 Å². The molecule has 1 heterocycles. The van der Waals surface area contributed by atoms with Gasteiger partial charge in [-0.15, -0.1) is 5.10 Å². The molecule has 0 spiro atoms. The van der Waals surface area contributed by atoms with E-state index < -0.39 is 0 Å². The Morgan fingerprint density at radius 2 is 2.05 bits per heavy atom. The average molecular weight is 297 g/mol. The third-order valence-corrected chi connectivity index (χ3v) is 4.46. The number of nitrogens with zero attached hydrogens (tertiary/aromatic N) is 4. The predicted molar refractivity (Wildman–Crippen MR) is 78.5 cm³/mol. The number of carbonyl (C=O) groups excluding carboxylic acids is 1. The van der Waals surface area contributed by atoms with Crippen LogP contribution in [-0.2, 0) is 10.3 Å². The maximum atomic E-state index is 12.2. The Labute approximate surface area is 124 Å². The molecule has 1 saturated carbocycles. The van der Waals surface area contributed by atoms with Gasteiger partial charge in [0.05, 0.1) is 10.8 Å².